The molecule has 3 aromatic heterocycles. The van der Waals surface area contributed by atoms with Crippen LogP contribution in [0.15, 0.2) is 65.1 Å². The van der Waals surface area contributed by atoms with Crippen LogP contribution in [-0.4, -0.2) is 30.5 Å². The molecule has 9 heteroatoms. The first-order valence-corrected chi connectivity index (χ1v) is 11.6. The highest BCUT2D eigenvalue weighted by atomic mass is 32.2. The standard InChI is InChI=1S/C22H18N6OS2/c1-14-23-21-17-9-5-6-10-18(17)26-22(28(21)27-14)31-13-16-12-30-20(25-16)11-19(29)24-15-7-3-2-4-8-15/h2-10,12H,11,13H2,1H3,(H,24,29). The zero-order valence-electron chi connectivity index (χ0n) is 16.6. The second kappa shape index (κ2) is 8.44. The van der Waals surface area contributed by atoms with E-state index < -0.39 is 0 Å². The predicted octanol–water partition coefficient (Wildman–Crippen LogP) is 4.52. The summed E-state index contributed by atoms with van der Waals surface area (Å²) in [5.74, 6) is 1.27. The molecule has 0 unspecified atom stereocenters. The second-order valence-corrected chi connectivity index (χ2v) is 8.80. The average Bonchev–Trinajstić information content (AvgIpc) is 3.38. The molecule has 0 fully saturated rings. The Morgan fingerprint density at radius 1 is 1.06 bits per heavy atom. The smallest absolute Gasteiger partial charge is 0.231 e. The summed E-state index contributed by atoms with van der Waals surface area (Å²) in [4.78, 5) is 26.2. The van der Waals surface area contributed by atoms with E-state index in [4.69, 9.17) is 4.98 Å². The highest BCUT2D eigenvalue weighted by Gasteiger charge is 2.14. The summed E-state index contributed by atoms with van der Waals surface area (Å²) in [7, 11) is 0. The quantitative estimate of drug-likeness (QED) is 0.305. The molecule has 1 N–H and O–H groups in total. The van der Waals surface area contributed by atoms with Gasteiger partial charge in [-0.15, -0.1) is 16.4 Å². The number of aryl methyl sites for hydroxylation is 1. The van der Waals surface area contributed by atoms with Gasteiger partial charge in [0.05, 0.1) is 17.6 Å². The van der Waals surface area contributed by atoms with Gasteiger partial charge in [0.15, 0.2) is 10.8 Å². The molecule has 5 rings (SSSR count). The number of amides is 1. The Morgan fingerprint density at radius 3 is 2.74 bits per heavy atom. The molecule has 0 saturated heterocycles. The normalized spacial score (nSPS) is 11.3. The van der Waals surface area contributed by atoms with Gasteiger partial charge < -0.3 is 5.32 Å². The molecule has 2 aromatic carbocycles. The maximum Gasteiger partial charge on any atom is 0.231 e. The molecule has 31 heavy (non-hydrogen) atoms. The predicted molar refractivity (Wildman–Crippen MR) is 123 cm³/mol. The number of carbonyl (C=O) groups excluding carboxylic acids is 1. The van der Waals surface area contributed by atoms with Crippen LogP contribution in [-0.2, 0) is 17.0 Å². The Balaban J connectivity index is 1.30. The molecule has 1 amide bonds. The van der Waals surface area contributed by atoms with Crippen LogP contribution in [0.1, 0.15) is 16.5 Å². The van der Waals surface area contributed by atoms with Crippen LogP contribution in [0.5, 0.6) is 0 Å². The van der Waals surface area contributed by atoms with Crippen LogP contribution >= 0.6 is 23.1 Å². The number of nitrogens with zero attached hydrogens (tertiary/aromatic N) is 5. The monoisotopic (exact) mass is 446 g/mol. The van der Waals surface area contributed by atoms with Crippen molar-refractivity contribution in [2.24, 2.45) is 0 Å². The number of thioether (sulfide) groups is 1. The molecule has 0 spiro atoms. The number of rotatable bonds is 6. The first-order valence-electron chi connectivity index (χ1n) is 9.69. The van der Waals surface area contributed by atoms with Gasteiger partial charge >= 0.3 is 0 Å². The molecule has 154 valence electrons. The van der Waals surface area contributed by atoms with Gasteiger partial charge in [-0.2, -0.15) is 4.52 Å². The van der Waals surface area contributed by atoms with E-state index >= 15 is 0 Å². The Bertz CT molecular complexity index is 1380. The van der Waals surface area contributed by atoms with Crippen LogP contribution < -0.4 is 5.32 Å². The summed E-state index contributed by atoms with van der Waals surface area (Å²) in [6.45, 7) is 1.88. The van der Waals surface area contributed by atoms with Gasteiger partial charge in [-0.1, -0.05) is 42.1 Å². The van der Waals surface area contributed by atoms with E-state index in [1.165, 1.54) is 11.3 Å². The highest BCUT2D eigenvalue weighted by Crippen LogP contribution is 2.26. The number of benzene rings is 2. The first kappa shape index (κ1) is 19.7. The van der Waals surface area contributed by atoms with Crippen molar-refractivity contribution in [3.63, 3.8) is 0 Å². The van der Waals surface area contributed by atoms with Gasteiger partial charge in [0.1, 0.15) is 10.8 Å². The molecule has 0 radical (unpaired) electrons. The van der Waals surface area contributed by atoms with Crippen LogP contribution in [0.2, 0.25) is 0 Å². The summed E-state index contributed by atoms with van der Waals surface area (Å²) in [6, 6.07) is 17.4. The van der Waals surface area contributed by atoms with E-state index in [9.17, 15) is 4.79 Å². The van der Waals surface area contributed by atoms with Crippen molar-refractivity contribution in [1.82, 2.24) is 24.6 Å². The van der Waals surface area contributed by atoms with E-state index in [0.29, 0.717) is 11.6 Å². The van der Waals surface area contributed by atoms with Gasteiger partial charge in [-0.25, -0.2) is 15.0 Å². The number of fused-ring (bicyclic) bond motifs is 3. The fraction of sp³-hybridized carbons (Fsp3) is 0.136. The second-order valence-electron chi connectivity index (χ2n) is 6.92. The molecular formula is C22H18N6OS2. The highest BCUT2D eigenvalue weighted by molar-refractivity contribution is 7.98. The average molecular weight is 447 g/mol. The Morgan fingerprint density at radius 2 is 1.87 bits per heavy atom. The topological polar surface area (TPSA) is 85.1 Å². The number of hydrogen-bond donors (Lipinski definition) is 1. The van der Waals surface area contributed by atoms with E-state index in [1.54, 1.807) is 16.3 Å². The largest absolute Gasteiger partial charge is 0.326 e. The maximum absolute atomic E-state index is 12.3. The number of thiazole rings is 1. The lowest BCUT2D eigenvalue weighted by molar-refractivity contribution is -0.115. The van der Waals surface area contributed by atoms with Crippen LogP contribution in [0.4, 0.5) is 5.69 Å². The number of aromatic nitrogens is 5. The summed E-state index contributed by atoms with van der Waals surface area (Å²) in [6.07, 6.45) is 0.255. The van der Waals surface area contributed by atoms with Crippen molar-refractivity contribution in [3.05, 3.63) is 76.5 Å². The molecule has 0 aliphatic heterocycles. The van der Waals surface area contributed by atoms with Crippen molar-refractivity contribution < 1.29 is 4.79 Å². The molecule has 7 nitrogen and oxygen atoms in total. The maximum atomic E-state index is 12.3. The molecule has 5 aromatic rings. The SMILES string of the molecule is Cc1nc2c3ccccc3nc(SCc3csc(CC(=O)Nc4ccccc4)n3)n2n1. The lowest BCUT2D eigenvalue weighted by Gasteiger charge is -2.05. The zero-order chi connectivity index (χ0) is 21.2. The van der Waals surface area contributed by atoms with Crippen molar-refractivity contribution in [3.8, 4) is 0 Å². The Labute approximate surface area is 186 Å². The van der Waals surface area contributed by atoms with E-state index in [1.807, 2.05) is 66.9 Å². The first-order chi connectivity index (χ1) is 15.2. The fourth-order valence-corrected chi connectivity index (χ4v) is 4.96. The summed E-state index contributed by atoms with van der Waals surface area (Å²) < 4.78 is 1.79. The van der Waals surface area contributed by atoms with Gasteiger partial charge in [-0.05, 0) is 31.2 Å². The van der Waals surface area contributed by atoms with Crippen molar-refractivity contribution >= 4 is 51.2 Å². The van der Waals surface area contributed by atoms with Gasteiger partial charge in [-0.3, -0.25) is 4.79 Å². The number of para-hydroxylation sites is 2. The van der Waals surface area contributed by atoms with E-state index in [-0.39, 0.29) is 12.3 Å². The minimum absolute atomic E-state index is 0.0734. The van der Waals surface area contributed by atoms with Crippen molar-refractivity contribution in [2.45, 2.75) is 24.3 Å². The summed E-state index contributed by atoms with van der Waals surface area (Å²) in [5.41, 5.74) is 3.40. The minimum atomic E-state index is -0.0734. The van der Waals surface area contributed by atoms with E-state index in [0.717, 1.165) is 38.1 Å². The molecule has 0 aliphatic rings. The molecule has 0 bridgehead atoms. The summed E-state index contributed by atoms with van der Waals surface area (Å²) >= 11 is 3.05. The molecule has 0 aliphatic carbocycles. The van der Waals surface area contributed by atoms with E-state index in [2.05, 4.69) is 20.4 Å². The van der Waals surface area contributed by atoms with Crippen LogP contribution in [0.25, 0.3) is 16.6 Å². The van der Waals surface area contributed by atoms with Crippen LogP contribution in [0, 0.1) is 6.92 Å². The molecule has 0 saturated carbocycles. The Hall–Kier alpha value is -3.30. The minimum Gasteiger partial charge on any atom is -0.326 e. The van der Waals surface area contributed by atoms with Crippen molar-refractivity contribution in [2.75, 3.05) is 5.32 Å². The van der Waals surface area contributed by atoms with Gasteiger partial charge in [0, 0.05) is 22.2 Å². The van der Waals surface area contributed by atoms with Crippen LogP contribution in [0.3, 0.4) is 0 Å². The molecular weight excluding hydrogens is 428 g/mol. The van der Waals surface area contributed by atoms with Crippen molar-refractivity contribution in [1.29, 1.82) is 0 Å². The third-order valence-corrected chi connectivity index (χ3v) is 6.43. The number of hydrogen-bond acceptors (Lipinski definition) is 7. The molecule has 3 heterocycles. The fourth-order valence-electron chi connectivity index (χ4n) is 3.23. The van der Waals surface area contributed by atoms with Gasteiger partial charge in [0.25, 0.3) is 0 Å². The lowest BCUT2D eigenvalue weighted by Crippen LogP contribution is -2.14. The number of nitrogens with one attached hydrogen (secondary N) is 1. The lowest BCUT2D eigenvalue weighted by atomic mass is 10.2. The summed E-state index contributed by atoms with van der Waals surface area (Å²) in [5, 5.41) is 11.9. The third kappa shape index (κ3) is 4.28. The molecule has 0 atom stereocenters. The third-order valence-electron chi connectivity index (χ3n) is 4.57. The van der Waals surface area contributed by atoms with Gasteiger partial charge in [0.2, 0.25) is 5.91 Å². The Kier molecular flexibility index (Phi) is 5.35. The number of anilines is 1. The number of carbonyl (C=O) groups is 1. The zero-order valence-corrected chi connectivity index (χ0v) is 18.3.